The van der Waals surface area contributed by atoms with Crippen molar-refractivity contribution >= 4 is 23.5 Å². The van der Waals surface area contributed by atoms with Crippen LogP contribution in [0.4, 0.5) is 0 Å². The van der Waals surface area contributed by atoms with Gasteiger partial charge in [0, 0.05) is 0 Å². The molecule has 0 saturated carbocycles. The van der Waals surface area contributed by atoms with Crippen molar-refractivity contribution in [2.75, 3.05) is 0 Å². The van der Waals surface area contributed by atoms with Crippen molar-refractivity contribution in [1.82, 2.24) is 0 Å². The predicted octanol–water partition coefficient (Wildman–Crippen LogP) is 4.17. The number of hydrogen-bond acceptors (Lipinski definition) is 0. The molecule has 0 aliphatic carbocycles. The first-order valence-corrected chi connectivity index (χ1v) is 7.24. The SMILES string of the molecule is CC[BH-](CC)CC.CC[BH-](CC)CC.[Be+2]. The summed E-state index contributed by atoms with van der Waals surface area (Å²) in [6, 6.07) is 0. The standard InChI is InChI=1S/2C6H16B.Be/c2*1-4-7(5-2)6-3;/h2*7H,4-6H2,1-3H3;/q2*-1;+2. The number of rotatable bonds is 6. The van der Waals surface area contributed by atoms with Gasteiger partial charge in [0.1, 0.15) is 0 Å². The fraction of sp³-hybridized carbons (Fsp3) is 1.00. The molecule has 15 heavy (non-hydrogen) atoms. The number of hydrogen-bond donors (Lipinski definition) is 0. The topological polar surface area (TPSA) is 0 Å². The zero-order valence-corrected chi connectivity index (χ0v) is 12.4. The van der Waals surface area contributed by atoms with E-state index >= 15 is 0 Å². The van der Waals surface area contributed by atoms with Crippen molar-refractivity contribution in [1.29, 1.82) is 0 Å². The van der Waals surface area contributed by atoms with Crippen LogP contribution in [0.25, 0.3) is 0 Å². The molecule has 0 bridgehead atoms. The van der Waals surface area contributed by atoms with E-state index in [4.69, 9.17) is 0 Å². The van der Waals surface area contributed by atoms with Gasteiger partial charge in [-0.15, -0.1) is 0 Å². The smallest absolute Gasteiger partial charge is 0.184 e. The van der Waals surface area contributed by atoms with Crippen molar-refractivity contribution in [3.05, 3.63) is 0 Å². The van der Waals surface area contributed by atoms with Crippen LogP contribution < -0.4 is 0 Å². The maximum absolute atomic E-state index is 2.30. The Bertz CT molecular complexity index is 68.6. The Balaban J connectivity index is -0.000000180. The Labute approximate surface area is 103 Å². The van der Waals surface area contributed by atoms with Crippen molar-refractivity contribution in [3.8, 4) is 0 Å². The molecule has 88 valence electrons. The predicted molar refractivity (Wildman–Crippen MR) is 82.9 cm³/mol. The molecule has 0 atom stereocenters. The van der Waals surface area contributed by atoms with E-state index in [-0.39, 0.29) is 10.1 Å². The molecule has 0 radical (unpaired) electrons. The van der Waals surface area contributed by atoms with Crippen LogP contribution in [0.1, 0.15) is 41.5 Å². The quantitative estimate of drug-likeness (QED) is 0.573. The van der Waals surface area contributed by atoms with Crippen LogP contribution in [0.2, 0.25) is 37.9 Å². The Morgan fingerprint density at radius 1 is 0.467 bits per heavy atom. The van der Waals surface area contributed by atoms with Gasteiger partial charge in [-0.2, -0.15) is 37.9 Å². The zero-order chi connectivity index (χ0) is 11.4. The van der Waals surface area contributed by atoms with Crippen molar-refractivity contribution in [2.24, 2.45) is 0 Å². The Kier molecular flexibility index (Phi) is 23.0. The minimum Gasteiger partial charge on any atom is -0.184 e. The molecule has 0 heterocycles. The van der Waals surface area contributed by atoms with Crippen LogP contribution in [0, 0.1) is 0 Å². The molecule has 0 amide bonds. The molecule has 0 nitrogen and oxygen atoms in total. The van der Waals surface area contributed by atoms with Crippen molar-refractivity contribution in [2.45, 2.75) is 79.5 Å². The summed E-state index contributed by atoms with van der Waals surface area (Å²) in [7, 11) is 0. The average molecular weight is 207 g/mol. The summed E-state index contributed by atoms with van der Waals surface area (Å²) in [5.41, 5.74) is 0. The van der Waals surface area contributed by atoms with Gasteiger partial charge in [0.15, 0.2) is 0 Å². The molecule has 0 fully saturated rings. The maximum Gasteiger partial charge on any atom is 2.00 e. The molecule has 3 heteroatoms. The summed E-state index contributed by atoms with van der Waals surface area (Å²) in [6.07, 6.45) is 8.62. The third kappa shape index (κ3) is 14.3. The second-order valence-corrected chi connectivity index (χ2v) is 5.12. The summed E-state index contributed by atoms with van der Waals surface area (Å²) in [5.74, 6) is 0. The monoisotopic (exact) mass is 207 g/mol. The van der Waals surface area contributed by atoms with Crippen LogP contribution in [-0.2, 0) is 0 Å². The van der Waals surface area contributed by atoms with Crippen LogP contribution in [0.5, 0.6) is 0 Å². The summed E-state index contributed by atoms with van der Waals surface area (Å²) in [6.45, 7) is 14.4. The van der Waals surface area contributed by atoms with Gasteiger partial charge in [0.25, 0.3) is 0 Å². The zero-order valence-electron chi connectivity index (χ0n) is 12.4. The first-order valence-electron chi connectivity index (χ1n) is 7.24. The van der Waals surface area contributed by atoms with Gasteiger partial charge < -0.3 is 0 Å². The summed E-state index contributed by atoms with van der Waals surface area (Å²) in [5, 5.41) is 0. The summed E-state index contributed by atoms with van der Waals surface area (Å²) in [4.78, 5) is 0. The Morgan fingerprint density at radius 2 is 0.600 bits per heavy atom. The van der Waals surface area contributed by atoms with Gasteiger partial charge in [-0.1, -0.05) is 41.5 Å². The molecular formula is C12H32B2Be. The molecule has 0 unspecified atom stereocenters. The van der Waals surface area contributed by atoms with Gasteiger partial charge in [0.2, 0.25) is 0 Å². The molecule has 0 aliphatic heterocycles. The molecule has 0 N–H and O–H groups in total. The fourth-order valence-electron chi connectivity index (χ4n) is 2.12. The van der Waals surface area contributed by atoms with E-state index < -0.39 is 0 Å². The summed E-state index contributed by atoms with van der Waals surface area (Å²) >= 11 is 0. The normalized spacial score (nSPS) is 9.60. The van der Waals surface area contributed by atoms with E-state index in [2.05, 4.69) is 41.5 Å². The molecule has 0 aromatic heterocycles. The second kappa shape index (κ2) is 16.7. The van der Waals surface area contributed by atoms with Crippen LogP contribution >= 0.6 is 0 Å². The van der Waals surface area contributed by atoms with Crippen molar-refractivity contribution in [3.63, 3.8) is 0 Å². The first kappa shape index (κ1) is 20.7. The molecule has 0 aromatic rings. The molecule has 0 saturated heterocycles. The molecule has 0 spiro atoms. The Morgan fingerprint density at radius 3 is 0.600 bits per heavy atom. The Hall–Kier alpha value is 0.299. The average Bonchev–Trinajstić information content (AvgIpc) is 2.24. The van der Waals surface area contributed by atoms with Gasteiger partial charge in [-0.05, 0) is 13.4 Å². The van der Waals surface area contributed by atoms with E-state index in [0.717, 1.165) is 0 Å². The summed E-state index contributed by atoms with van der Waals surface area (Å²) < 4.78 is 0. The minimum absolute atomic E-state index is 0. The molecule has 0 aliphatic rings. The minimum atomic E-state index is 0. The third-order valence-electron chi connectivity index (χ3n) is 4.24. The molecule has 0 aromatic carbocycles. The van der Waals surface area contributed by atoms with E-state index in [1.54, 1.807) is 0 Å². The first-order chi connectivity index (χ1) is 6.69. The van der Waals surface area contributed by atoms with Gasteiger partial charge >= 0.3 is 10.1 Å². The fourth-order valence-corrected chi connectivity index (χ4v) is 2.12. The van der Waals surface area contributed by atoms with E-state index in [0.29, 0.717) is 13.4 Å². The van der Waals surface area contributed by atoms with E-state index in [1.807, 2.05) is 0 Å². The molecule has 0 rings (SSSR count). The van der Waals surface area contributed by atoms with Gasteiger partial charge in [-0.3, -0.25) is 0 Å². The van der Waals surface area contributed by atoms with Gasteiger partial charge in [-0.25, -0.2) is 0 Å². The third-order valence-corrected chi connectivity index (χ3v) is 4.24. The van der Waals surface area contributed by atoms with E-state index in [9.17, 15) is 0 Å². The second-order valence-electron chi connectivity index (χ2n) is 5.12. The van der Waals surface area contributed by atoms with Crippen LogP contribution in [0.15, 0.2) is 0 Å². The largest absolute Gasteiger partial charge is 2.00 e. The van der Waals surface area contributed by atoms with Gasteiger partial charge in [0.05, 0.1) is 0 Å². The maximum atomic E-state index is 2.30. The van der Waals surface area contributed by atoms with Crippen LogP contribution in [0.3, 0.4) is 0 Å². The van der Waals surface area contributed by atoms with Crippen LogP contribution in [-0.4, -0.2) is 23.5 Å². The molecular weight excluding hydrogens is 175 g/mol. The van der Waals surface area contributed by atoms with E-state index in [1.165, 1.54) is 37.9 Å². The van der Waals surface area contributed by atoms with Crippen molar-refractivity contribution < 1.29 is 0 Å².